The van der Waals surface area contributed by atoms with Gasteiger partial charge in [-0.2, -0.15) is 18.3 Å². The molecule has 0 bridgehead atoms. The van der Waals surface area contributed by atoms with Crippen molar-refractivity contribution in [2.75, 3.05) is 0 Å². The highest BCUT2D eigenvalue weighted by Crippen LogP contribution is 2.47. The third-order valence-electron chi connectivity index (χ3n) is 2.60. The Labute approximate surface area is 114 Å². The minimum absolute atomic E-state index is 0.100. The van der Waals surface area contributed by atoms with Gasteiger partial charge in [-0.1, -0.05) is 28.1 Å². The summed E-state index contributed by atoms with van der Waals surface area (Å²) in [6, 6.07) is 4.15. The molecule has 1 heterocycles. The maximum absolute atomic E-state index is 13.3. The molecule has 2 rings (SSSR count). The van der Waals surface area contributed by atoms with Gasteiger partial charge in [-0.15, -0.1) is 0 Å². The average molecular weight is 338 g/mol. The first-order valence-corrected chi connectivity index (χ1v) is 5.96. The van der Waals surface area contributed by atoms with Gasteiger partial charge in [0.1, 0.15) is 18.5 Å². The van der Waals surface area contributed by atoms with Crippen molar-refractivity contribution < 1.29 is 17.6 Å². The van der Waals surface area contributed by atoms with E-state index < -0.39 is 22.9 Å². The van der Waals surface area contributed by atoms with E-state index in [1.807, 2.05) is 0 Å². The molecule has 0 spiro atoms. The fraction of sp³-hybridized carbons (Fsp3) is 0.273. The first kappa shape index (κ1) is 14.0. The number of benzene rings is 1. The SMILES string of the molecule is Fc1ccc(C(Br)(Cn2cncn2)C(F)(F)F)cc1. The van der Waals surface area contributed by atoms with Crippen molar-refractivity contribution in [1.82, 2.24) is 14.8 Å². The van der Waals surface area contributed by atoms with Crippen molar-refractivity contribution in [3.63, 3.8) is 0 Å². The van der Waals surface area contributed by atoms with Gasteiger partial charge in [0.05, 0.1) is 6.54 Å². The van der Waals surface area contributed by atoms with Crippen LogP contribution in [-0.4, -0.2) is 20.9 Å². The van der Waals surface area contributed by atoms with Crippen LogP contribution in [0.4, 0.5) is 17.6 Å². The van der Waals surface area contributed by atoms with Gasteiger partial charge in [-0.25, -0.2) is 9.37 Å². The predicted molar refractivity (Wildman–Crippen MR) is 63.1 cm³/mol. The van der Waals surface area contributed by atoms with Crippen LogP contribution in [0.3, 0.4) is 0 Å². The molecular weight excluding hydrogens is 330 g/mol. The van der Waals surface area contributed by atoms with Crippen LogP contribution in [-0.2, 0) is 10.9 Å². The van der Waals surface area contributed by atoms with Gasteiger partial charge in [-0.05, 0) is 17.7 Å². The minimum Gasteiger partial charge on any atom is -0.251 e. The average Bonchev–Trinajstić information content (AvgIpc) is 2.81. The van der Waals surface area contributed by atoms with Crippen LogP contribution in [0.15, 0.2) is 36.9 Å². The summed E-state index contributed by atoms with van der Waals surface area (Å²) in [5, 5.41) is 3.66. The summed E-state index contributed by atoms with van der Waals surface area (Å²) < 4.78 is 51.4. The van der Waals surface area contributed by atoms with Crippen molar-refractivity contribution in [3.8, 4) is 0 Å². The molecule has 0 radical (unpaired) electrons. The van der Waals surface area contributed by atoms with Crippen LogP contribution < -0.4 is 0 Å². The fourth-order valence-electron chi connectivity index (χ4n) is 1.60. The lowest BCUT2D eigenvalue weighted by molar-refractivity contribution is -0.163. The molecule has 0 aliphatic rings. The molecule has 1 unspecified atom stereocenters. The van der Waals surface area contributed by atoms with Crippen LogP contribution >= 0.6 is 15.9 Å². The number of rotatable bonds is 3. The molecule has 0 fully saturated rings. The van der Waals surface area contributed by atoms with Gasteiger partial charge in [0.25, 0.3) is 0 Å². The number of halogens is 5. The van der Waals surface area contributed by atoms with E-state index in [1.54, 1.807) is 0 Å². The number of hydrogen-bond donors (Lipinski definition) is 0. The topological polar surface area (TPSA) is 30.7 Å². The van der Waals surface area contributed by atoms with Gasteiger partial charge in [0, 0.05) is 0 Å². The lowest BCUT2D eigenvalue weighted by atomic mass is 9.98. The van der Waals surface area contributed by atoms with Gasteiger partial charge in [0.2, 0.25) is 0 Å². The highest BCUT2D eigenvalue weighted by molar-refractivity contribution is 9.09. The van der Waals surface area contributed by atoms with E-state index >= 15 is 0 Å². The van der Waals surface area contributed by atoms with Gasteiger partial charge < -0.3 is 0 Å². The Morgan fingerprint density at radius 3 is 2.26 bits per heavy atom. The zero-order chi connectivity index (χ0) is 14.1. The molecule has 0 saturated carbocycles. The van der Waals surface area contributed by atoms with Crippen LogP contribution in [0, 0.1) is 5.82 Å². The van der Waals surface area contributed by atoms with Crippen LogP contribution in [0.25, 0.3) is 0 Å². The van der Waals surface area contributed by atoms with Gasteiger partial charge in [0.15, 0.2) is 4.32 Å². The van der Waals surface area contributed by atoms with Crippen molar-refractivity contribution in [3.05, 3.63) is 48.3 Å². The molecule has 0 aliphatic heterocycles. The predicted octanol–water partition coefficient (Wildman–Crippen LogP) is 3.27. The molecule has 0 amide bonds. The summed E-state index contributed by atoms with van der Waals surface area (Å²) in [5.74, 6) is -0.596. The second-order valence-electron chi connectivity index (χ2n) is 3.90. The molecule has 0 saturated heterocycles. The largest absolute Gasteiger partial charge is 0.409 e. The standard InChI is InChI=1S/C11H8BrF4N3/c12-10(11(14,15)16,5-19-7-17-6-18-19)8-1-3-9(13)4-2-8/h1-4,6-7H,5H2. The van der Waals surface area contributed by atoms with Crippen molar-refractivity contribution in [1.29, 1.82) is 0 Å². The summed E-state index contributed by atoms with van der Waals surface area (Å²) in [6.45, 7) is -0.498. The summed E-state index contributed by atoms with van der Waals surface area (Å²) >= 11 is 2.72. The monoisotopic (exact) mass is 337 g/mol. The molecule has 0 aliphatic carbocycles. The molecule has 1 atom stereocenters. The molecule has 19 heavy (non-hydrogen) atoms. The number of aromatic nitrogens is 3. The minimum atomic E-state index is -4.57. The molecule has 1 aromatic heterocycles. The summed E-state index contributed by atoms with van der Waals surface area (Å²) in [6.07, 6.45) is -2.24. The normalized spacial score (nSPS) is 15.2. The number of alkyl halides is 4. The Hall–Kier alpha value is -1.44. The molecule has 102 valence electrons. The maximum Gasteiger partial charge on any atom is 0.409 e. The van der Waals surface area contributed by atoms with E-state index in [-0.39, 0.29) is 5.56 Å². The molecule has 1 aromatic carbocycles. The Balaban J connectivity index is 2.43. The van der Waals surface area contributed by atoms with E-state index in [1.165, 1.54) is 6.33 Å². The Morgan fingerprint density at radius 2 is 1.79 bits per heavy atom. The van der Waals surface area contributed by atoms with Crippen molar-refractivity contribution in [2.45, 2.75) is 17.0 Å². The molecule has 0 N–H and O–H groups in total. The van der Waals surface area contributed by atoms with E-state index in [9.17, 15) is 17.6 Å². The third-order valence-corrected chi connectivity index (χ3v) is 3.76. The Bertz CT molecular complexity index is 538. The van der Waals surface area contributed by atoms with Crippen LogP contribution in [0.2, 0.25) is 0 Å². The van der Waals surface area contributed by atoms with E-state index in [4.69, 9.17) is 0 Å². The fourth-order valence-corrected chi connectivity index (χ4v) is 2.12. The quantitative estimate of drug-likeness (QED) is 0.635. The lowest BCUT2D eigenvalue weighted by Gasteiger charge is -2.30. The van der Waals surface area contributed by atoms with Crippen LogP contribution in [0.1, 0.15) is 5.56 Å². The zero-order valence-electron chi connectivity index (χ0n) is 9.40. The Kier molecular flexibility index (Phi) is 3.62. The summed E-state index contributed by atoms with van der Waals surface area (Å²) in [4.78, 5) is 3.60. The van der Waals surface area contributed by atoms with E-state index in [0.717, 1.165) is 35.3 Å². The highest BCUT2D eigenvalue weighted by atomic mass is 79.9. The van der Waals surface area contributed by atoms with Crippen LogP contribution in [0.5, 0.6) is 0 Å². The zero-order valence-corrected chi connectivity index (χ0v) is 11.0. The first-order chi connectivity index (χ1) is 8.83. The summed E-state index contributed by atoms with van der Waals surface area (Å²) in [5.41, 5.74) is -0.100. The first-order valence-electron chi connectivity index (χ1n) is 5.17. The number of nitrogens with zero attached hydrogens (tertiary/aromatic N) is 3. The van der Waals surface area contributed by atoms with E-state index in [0.29, 0.717) is 0 Å². The van der Waals surface area contributed by atoms with E-state index in [2.05, 4.69) is 26.0 Å². The lowest BCUT2D eigenvalue weighted by Crippen LogP contribution is -2.40. The second-order valence-corrected chi connectivity index (χ2v) is 5.25. The third kappa shape index (κ3) is 2.78. The molecular formula is C11H8BrF4N3. The van der Waals surface area contributed by atoms with Gasteiger partial charge >= 0.3 is 6.18 Å². The summed E-state index contributed by atoms with van der Waals surface area (Å²) in [7, 11) is 0. The molecule has 2 aromatic rings. The molecule has 8 heteroatoms. The smallest absolute Gasteiger partial charge is 0.251 e. The van der Waals surface area contributed by atoms with Crippen molar-refractivity contribution in [2.24, 2.45) is 0 Å². The second kappa shape index (κ2) is 4.92. The maximum atomic E-state index is 13.3. The number of hydrogen-bond acceptors (Lipinski definition) is 2. The Morgan fingerprint density at radius 1 is 1.16 bits per heavy atom. The highest BCUT2D eigenvalue weighted by Gasteiger charge is 2.54. The van der Waals surface area contributed by atoms with Crippen molar-refractivity contribution >= 4 is 15.9 Å². The van der Waals surface area contributed by atoms with Gasteiger partial charge in [-0.3, -0.25) is 4.68 Å². The molecule has 3 nitrogen and oxygen atoms in total.